The molecule has 2 aromatic heterocycles. The van der Waals surface area contributed by atoms with E-state index in [1.54, 1.807) is 13.1 Å². The van der Waals surface area contributed by atoms with Gasteiger partial charge in [0.05, 0.1) is 12.3 Å². The fourth-order valence-electron chi connectivity index (χ4n) is 1.19. The lowest BCUT2D eigenvalue weighted by Crippen LogP contribution is -2.05. The molecular weight excluding hydrogens is 210 g/mol. The van der Waals surface area contributed by atoms with Crippen LogP contribution in [0.15, 0.2) is 22.9 Å². The van der Waals surface area contributed by atoms with Gasteiger partial charge in [-0.25, -0.2) is 4.79 Å². The number of rotatable bonds is 3. The third-order valence-electron chi connectivity index (χ3n) is 1.90. The first kappa shape index (κ1) is 10.4. The van der Waals surface area contributed by atoms with Gasteiger partial charge in [-0.1, -0.05) is 0 Å². The Labute approximate surface area is 91.8 Å². The van der Waals surface area contributed by atoms with E-state index in [0.717, 1.165) is 5.69 Å². The van der Waals surface area contributed by atoms with Crippen molar-refractivity contribution in [2.45, 2.75) is 13.8 Å². The van der Waals surface area contributed by atoms with E-state index in [-0.39, 0.29) is 11.7 Å². The summed E-state index contributed by atoms with van der Waals surface area (Å²) in [5, 5.41) is 4.11. The molecule has 0 fully saturated rings. The van der Waals surface area contributed by atoms with Gasteiger partial charge in [-0.05, 0) is 19.9 Å². The number of hydrogen-bond donors (Lipinski definition) is 0. The highest BCUT2D eigenvalue weighted by molar-refractivity contribution is 5.86. The van der Waals surface area contributed by atoms with Gasteiger partial charge in [0.25, 0.3) is 0 Å². The molecule has 6 heteroatoms. The Morgan fingerprint density at radius 2 is 2.44 bits per heavy atom. The molecular formula is C10H11N3O3. The highest BCUT2D eigenvalue weighted by Crippen LogP contribution is 2.08. The maximum Gasteiger partial charge on any atom is 0.360 e. The van der Waals surface area contributed by atoms with Crippen LogP contribution in [0.5, 0.6) is 0 Å². The van der Waals surface area contributed by atoms with E-state index in [4.69, 9.17) is 9.15 Å². The first-order chi connectivity index (χ1) is 7.70. The minimum atomic E-state index is -0.499. The fourth-order valence-corrected chi connectivity index (χ4v) is 1.19. The van der Waals surface area contributed by atoms with E-state index in [9.17, 15) is 4.79 Å². The second-order valence-electron chi connectivity index (χ2n) is 3.14. The molecule has 2 rings (SSSR count). The summed E-state index contributed by atoms with van der Waals surface area (Å²) < 4.78 is 11.4. The molecule has 0 aliphatic rings. The van der Waals surface area contributed by atoms with Crippen molar-refractivity contribution in [3.8, 4) is 6.01 Å². The van der Waals surface area contributed by atoms with E-state index in [1.165, 1.54) is 10.9 Å². The Balaban J connectivity index is 2.22. The topological polar surface area (TPSA) is 70.2 Å². The van der Waals surface area contributed by atoms with E-state index in [0.29, 0.717) is 6.61 Å². The van der Waals surface area contributed by atoms with Crippen LogP contribution in [0.4, 0.5) is 0 Å². The molecule has 6 nitrogen and oxygen atoms in total. The monoisotopic (exact) mass is 221 g/mol. The van der Waals surface area contributed by atoms with Gasteiger partial charge in [-0.3, -0.25) is 0 Å². The van der Waals surface area contributed by atoms with Gasteiger partial charge in [0.2, 0.25) is 0 Å². The second-order valence-corrected chi connectivity index (χ2v) is 3.14. The van der Waals surface area contributed by atoms with Crippen LogP contribution in [0.25, 0.3) is 6.01 Å². The van der Waals surface area contributed by atoms with Crippen molar-refractivity contribution in [3.05, 3.63) is 29.9 Å². The number of carbonyl (C=O) groups excluding carboxylic acids is 1. The first-order valence-electron chi connectivity index (χ1n) is 4.86. The highest BCUT2D eigenvalue weighted by Gasteiger charge is 2.14. The maximum absolute atomic E-state index is 11.3. The molecule has 0 N–H and O–H groups in total. The first-order valence-corrected chi connectivity index (χ1v) is 4.86. The summed E-state index contributed by atoms with van der Waals surface area (Å²) in [5.74, 6) is -0.499. The summed E-state index contributed by atoms with van der Waals surface area (Å²) in [6.07, 6.45) is 2.96. The molecule has 2 heterocycles. The molecule has 0 spiro atoms. The van der Waals surface area contributed by atoms with Crippen molar-refractivity contribution in [2.75, 3.05) is 6.61 Å². The summed E-state index contributed by atoms with van der Waals surface area (Å²) in [4.78, 5) is 15.3. The Hall–Kier alpha value is -2.11. The van der Waals surface area contributed by atoms with Crippen molar-refractivity contribution in [1.29, 1.82) is 0 Å². The smallest absolute Gasteiger partial charge is 0.360 e. The zero-order valence-corrected chi connectivity index (χ0v) is 9.01. The molecule has 2 aromatic rings. The number of aryl methyl sites for hydroxylation is 1. The average molecular weight is 221 g/mol. The number of ether oxygens (including phenoxy) is 1. The lowest BCUT2D eigenvalue weighted by atomic mass is 10.5. The van der Waals surface area contributed by atoms with Crippen LogP contribution in [0.1, 0.15) is 23.1 Å². The van der Waals surface area contributed by atoms with Crippen LogP contribution in [-0.2, 0) is 4.74 Å². The minimum Gasteiger partial charge on any atom is -0.461 e. The minimum absolute atomic E-state index is 0.144. The summed E-state index contributed by atoms with van der Waals surface area (Å²) >= 11 is 0. The van der Waals surface area contributed by atoms with Gasteiger partial charge in [0.15, 0.2) is 5.69 Å². The molecule has 0 saturated heterocycles. The zero-order chi connectivity index (χ0) is 11.5. The number of carbonyl (C=O) groups is 1. The Morgan fingerprint density at radius 1 is 1.62 bits per heavy atom. The standard InChI is InChI=1S/C10H11N3O3/c1-3-15-9(14)8-6-16-10(11-8)13-5-4-7(2)12-13/h4-6H,3H2,1-2H3. The Morgan fingerprint density at radius 3 is 3.06 bits per heavy atom. The van der Waals surface area contributed by atoms with Crippen LogP contribution in [-0.4, -0.2) is 27.3 Å². The van der Waals surface area contributed by atoms with Gasteiger partial charge < -0.3 is 9.15 Å². The number of aromatic nitrogens is 3. The number of hydrogen-bond acceptors (Lipinski definition) is 5. The fraction of sp³-hybridized carbons (Fsp3) is 0.300. The van der Waals surface area contributed by atoms with Gasteiger partial charge in [-0.15, -0.1) is 0 Å². The van der Waals surface area contributed by atoms with Gasteiger partial charge in [0, 0.05) is 6.20 Å². The quantitative estimate of drug-likeness (QED) is 0.731. The highest BCUT2D eigenvalue weighted by atomic mass is 16.5. The van der Waals surface area contributed by atoms with Crippen molar-refractivity contribution >= 4 is 5.97 Å². The maximum atomic E-state index is 11.3. The Bertz CT molecular complexity index is 501. The summed E-state index contributed by atoms with van der Waals surface area (Å²) in [6.45, 7) is 3.89. The van der Waals surface area contributed by atoms with E-state index in [2.05, 4.69) is 10.1 Å². The molecule has 0 amide bonds. The largest absolute Gasteiger partial charge is 0.461 e. The molecule has 16 heavy (non-hydrogen) atoms. The Kier molecular flexibility index (Phi) is 2.72. The van der Waals surface area contributed by atoms with Crippen LogP contribution in [0, 0.1) is 6.92 Å². The van der Waals surface area contributed by atoms with Crippen molar-refractivity contribution in [2.24, 2.45) is 0 Å². The molecule has 0 saturated carbocycles. The molecule has 0 aliphatic carbocycles. The van der Waals surface area contributed by atoms with Crippen molar-refractivity contribution in [1.82, 2.24) is 14.8 Å². The van der Waals surface area contributed by atoms with Crippen LogP contribution < -0.4 is 0 Å². The van der Waals surface area contributed by atoms with Gasteiger partial charge in [-0.2, -0.15) is 14.8 Å². The number of oxazole rings is 1. The lowest BCUT2D eigenvalue weighted by molar-refractivity contribution is 0.0519. The van der Waals surface area contributed by atoms with Crippen LogP contribution >= 0.6 is 0 Å². The molecule has 0 aliphatic heterocycles. The van der Waals surface area contributed by atoms with Gasteiger partial charge in [0.1, 0.15) is 6.26 Å². The molecule has 0 atom stereocenters. The molecule has 0 radical (unpaired) electrons. The van der Waals surface area contributed by atoms with E-state index >= 15 is 0 Å². The third kappa shape index (κ3) is 1.95. The SMILES string of the molecule is CCOC(=O)c1coc(-n2ccc(C)n2)n1. The molecule has 0 unspecified atom stereocenters. The summed E-state index contributed by atoms with van der Waals surface area (Å²) in [7, 11) is 0. The van der Waals surface area contributed by atoms with Crippen LogP contribution in [0.2, 0.25) is 0 Å². The molecule has 84 valence electrons. The average Bonchev–Trinajstić information content (AvgIpc) is 2.85. The van der Waals surface area contributed by atoms with Gasteiger partial charge >= 0.3 is 12.0 Å². The predicted octanol–water partition coefficient (Wildman–Crippen LogP) is 1.35. The normalized spacial score (nSPS) is 10.4. The zero-order valence-electron chi connectivity index (χ0n) is 9.01. The second kappa shape index (κ2) is 4.18. The lowest BCUT2D eigenvalue weighted by Gasteiger charge is -1.95. The van der Waals surface area contributed by atoms with E-state index < -0.39 is 5.97 Å². The molecule has 0 aromatic carbocycles. The third-order valence-corrected chi connectivity index (χ3v) is 1.90. The summed E-state index contributed by atoms with van der Waals surface area (Å²) in [5.41, 5.74) is 0.987. The van der Waals surface area contributed by atoms with Crippen molar-refractivity contribution < 1.29 is 13.9 Å². The van der Waals surface area contributed by atoms with Crippen LogP contribution in [0.3, 0.4) is 0 Å². The number of nitrogens with zero attached hydrogens (tertiary/aromatic N) is 3. The summed E-state index contributed by atoms with van der Waals surface area (Å²) in [6, 6.07) is 2.06. The molecule has 0 bridgehead atoms. The van der Waals surface area contributed by atoms with Crippen molar-refractivity contribution in [3.63, 3.8) is 0 Å². The number of esters is 1. The van der Waals surface area contributed by atoms with E-state index in [1.807, 2.05) is 13.0 Å². The predicted molar refractivity (Wildman–Crippen MR) is 54.3 cm³/mol.